The van der Waals surface area contributed by atoms with Crippen LogP contribution in [0, 0.1) is 17.8 Å². The van der Waals surface area contributed by atoms with Gasteiger partial charge in [-0.1, -0.05) is 0 Å². The summed E-state index contributed by atoms with van der Waals surface area (Å²) in [6.45, 7) is 0.278. The normalized spacial score (nSPS) is 44.9. The van der Waals surface area contributed by atoms with Crippen LogP contribution < -0.4 is 0 Å². The zero-order valence-corrected chi connectivity index (χ0v) is 5.92. The molecule has 2 aliphatic carbocycles. The second kappa shape index (κ2) is 2.06. The number of aliphatic hydroxyl groups excluding tert-OH is 1. The molecule has 1 unspecified atom stereocenters. The first-order valence-corrected chi connectivity index (χ1v) is 3.95. The summed E-state index contributed by atoms with van der Waals surface area (Å²) in [6, 6.07) is 0. The molecule has 2 nitrogen and oxygen atoms in total. The summed E-state index contributed by atoms with van der Waals surface area (Å²) in [4.78, 5) is 10.9. The zero-order chi connectivity index (χ0) is 7.14. The van der Waals surface area contributed by atoms with Gasteiger partial charge in [-0.15, -0.1) is 0 Å². The smallest absolute Gasteiger partial charge is 0.136 e. The molecule has 0 amide bonds. The standard InChI is InChI=1S/C8H12O2/c9-4-5-1-6-3-8(10)7(6)2-5/h5-7,9H,1-4H2/t5?,6-,7-/m1/s1. The molecule has 0 aromatic heterocycles. The van der Waals surface area contributed by atoms with E-state index in [2.05, 4.69) is 0 Å². The fraction of sp³-hybridized carbons (Fsp3) is 0.875. The van der Waals surface area contributed by atoms with E-state index in [0.717, 1.165) is 19.3 Å². The third kappa shape index (κ3) is 0.717. The Hall–Kier alpha value is -0.370. The van der Waals surface area contributed by atoms with Crippen molar-refractivity contribution in [3.8, 4) is 0 Å². The maximum atomic E-state index is 10.9. The van der Waals surface area contributed by atoms with Gasteiger partial charge in [-0.2, -0.15) is 0 Å². The Bertz CT molecular complexity index is 165. The summed E-state index contributed by atoms with van der Waals surface area (Å²) in [5, 5.41) is 8.80. The predicted molar refractivity (Wildman–Crippen MR) is 36.4 cm³/mol. The molecule has 0 aromatic carbocycles. The summed E-state index contributed by atoms with van der Waals surface area (Å²) in [6.07, 6.45) is 2.84. The van der Waals surface area contributed by atoms with Crippen molar-refractivity contribution in [3.05, 3.63) is 0 Å². The third-order valence-electron chi connectivity index (χ3n) is 2.93. The maximum absolute atomic E-state index is 10.9. The molecular weight excluding hydrogens is 128 g/mol. The van der Waals surface area contributed by atoms with Crippen LogP contribution in [-0.2, 0) is 4.79 Å². The summed E-state index contributed by atoms with van der Waals surface area (Å²) in [5.41, 5.74) is 0. The molecular formula is C8H12O2. The molecule has 2 saturated carbocycles. The predicted octanol–water partition coefficient (Wildman–Crippen LogP) is 0.594. The third-order valence-corrected chi connectivity index (χ3v) is 2.93. The Kier molecular flexibility index (Phi) is 1.31. The first kappa shape index (κ1) is 6.35. The summed E-state index contributed by atoms with van der Waals surface area (Å²) < 4.78 is 0. The minimum atomic E-state index is 0.278. The van der Waals surface area contributed by atoms with Crippen LogP contribution in [0.4, 0.5) is 0 Å². The van der Waals surface area contributed by atoms with Crippen molar-refractivity contribution in [3.63, 3.8) is 0 Å². The van der Waals surface area contributed by atoms with E-state index in [1.807, 2.05) is 0 Å². The largest absolute Gasteiger partial charge is 0.396 e. The van der Waals surface area contributed by atoms with Crippen LogP contribution in [-0.4, -0.2) is 17.5 Å². The van der Waals surface area contributed by atoms with E-state index in [0.29, 0.717) is 23.5 Å². The van der Waals surface area contributed by atoms with Crippen LogP contribution in [0.2, 0.25) is 0 Å². The van der Waals surface area contributed by atoms with Gasteiger partial charge in [0.2, 0.25) is 0 Å². The highest BCUT2D eigenvalue weighted by Crippen LogP contribution is 2.46. The lowest BCUT2D eigenvalue weighted by atomic mass is 9.75. The van der Waals surface area contributed by atoms with Crippen LogP contribution in [0.1, 0.15) is 19.3 Å². The molecule has 56 valence electrons. The van der Waals surface area contributed by atoms with Gasteiger partial charge in [-0.25, -0.2) is 0 Å². The molecule has 2 aliphatic rings. The van der Waals surface area contributed by atoms with Crippen molar-refractivity contribution in [1.82, 2.24) is 0 Å². The second-order valence-electron chi connectivity index (χ2n) is 3.56. The Balaban J connectivity index is 1.99. The van der Waals surface area contributed by atoms with Gasteiger partial charge in [0, 0.05) is 18.9 Å². The number of aliphatic hydroxyl groups is 1. The van der Waals surface area contributed by atoms with Crippen molar-refractivity contribution in [2.24, 2.45) is 17.8 Å². The molecule has 2 rings (SSSR count). The summed E-state index contributed by atoms with van der Waals surface area (Å²) in [5.74, 6) is 1.85. The highest BCUT2D eigenvalue weighted by atomic mass is 16.3. The van der Waals surface area contributed by atoms with Crippen LogP contribution in [0.3, 0.4) is 0 Å². The summed E-state index contributed by atoms with van der Waals surface area (Å²) >= 11 is 0. The molecule has 0 aromatic rings. The Morgan fingerprint density at radius 1 is 1.50 bits per heavy atom. The van der Waals surface area contributed by atoms with Gasteiger partial charge in [-0.05, 0) is 24.7 Å². The lowest BCUT2D eigenvalue weighted by Gasteiger charge is -2.27. The molecule has 3 atom stereocenters. The number of fused-ring (bicyclic) bond motifs is 1. The van der Waals surface area contributed by atoms with E-state index >= 15 is 0 Å². The van der Waals surface area contributed by atoms with Gasteiger partial charge in [0.15, 0.2) is 0 Å². The van der Waals surface area contributed by atoms with Crippen LogP contribution in [0.25, 0.3) is 0 Å². The van der Waals surface area contributed by atoms with Crippen LogP contribution in [0.15, 0.2) is 0 Å². The molecule has 0 spiro atoms. The maximum Gasteiger partial charge on any atom is 0.136 e. The minimum absolute atomic E-state index is 0.278. The number of hydrogen-bond donors (Lipinski definition) is 1. The van der Waals surface area contributed by atoms with E-state index in [-0.39, 0.29) is 6.61 Å². The van der Waals surface area contributed by atoms with Crippen molar-refractivity contribution in [1.29, 1.82) is 0 Å². The minimum Gasteiger partial charge on any atom is -0.396 e. The SMILES string of the molecule is O=C1C[C@H]2CC(CO)C[C@@H]12. The first-order chi connectivity index (χ1) is 4.81. The highest BCUT2D eigenvalue weighted by Gasteiger charge is 2.46. The van der Waals surface area contributed by atoms with Gasteiger partial charge in [0.25, 0.3) is 0 Å². The number of hydrogen-bond acceptors (Lipinski definition) is 2. The molecule has 0 radical (unpaired) electrons. The van der Waals surface area contributed by atoms with Crippen molar-refractivity contribution in [2.45, 2.75) is 19.3 Å². The van der Waals surface area contributed by atoms with Gasteiger partial charge in [0.05, 0.1) is 0 Å². The topological polar surface area (TPSA) is 37.3 Å². The fourth-order valence-corrected chi connectivity index (χ4v) is 2.26. The molecule has 0 aliphatic heterocycles. The monoisotopic (exact) mass is 140 g/mol. The van der Waals surface area contributed by atoms with Crippen molar-refractivity contribution in [2.75, 3.05) is 6.61 Å². The number of rotatable bonds is 1. The van der Waals surface area contributed by atoms with Crippen LogP contribution >= 0.6 is 0 Å². The molecule has 10 heavy (non-hydrogen) atoms. The van der Waals surface area contributed by atoms with E-state index in [4.69, 9.17) is 5.11 Å². The molecule has 0 heterocycles. The van der Waals surface area contributed by atoms with E-state index in [9.17, 15) is 4.79 Å². The number of ketones is 1. The molecule has 2 heteroatoms. The van der Waals surface area contributed by atoms with Gasteiger partial charge in [-0.3, -0.25) is 4.79 Å². The van der Waals surface area contributed by atoms with Crippen LogP contribution in [0.5, 0.6) is 0 Å². The lowest BCUT2D eigenvalue weighted by Crippen LogP contribution is -2.32. The average molecular weight is 140 g/mol. The Morgan fingerprint density at radius 3 is 2.80 bits per heavy atom. The molecule has 2 fully saturated rings. The Labute approximate surface area is 60.2 Å². The quantitative estimate of drug-likeness (QED) is 0.579. The van der Waals surface area contributed by atoms with Crippen molar-refractivity contribution >= 4 is 5.78 Å². The van der Waals surface area contributed by atoms with Gasteiger partial charge in [0.1, 0.15) is 5.78 Å². The van der Waals surface area contributed by atoms with E-state index in [1.54, 1.807) is 0 Å². The van der Waals surface area contributed by atoms with Gasteiger partial charge >= 0.3 is 0 Å². The van der Waals surface area contributed by atoms with Gasteiger partial charge < -0.3 is 5.11 Å². The second-order valence-corrected chi connectivity index (χ2v) is 3.56. The number of carbonyl (C=O) groups excluding carboxylic acids is 1. The van der Waals surface area contributed by atoms with E-state index in [1.165, 1.54) is 0 Å². The number of carbonyl (C=O) groups is 1. The zero-order valence-electron chi connectivity index (χ0n) is 5.92. The Morgan fingerprint density at radius 2 is 2.30 bits per heavy atom. The molecule has 0 bridgehead atoms. The highest BCUT2D eigenvalue weighted by molar-refractivity contribution is 5.87. The fourth-order valence-electron chi connectivity index (χ4n) is 2.26. The van der Waals surface area contributed by atoms with Crippen molar-refractivity contribution < 1.29 is 9.90 Å². The molecule has 0 saturated heterocycles. The van der Waals surface area contributed by atoms with E-state index < -0.39 is 0 Å². The first-order valence-electron chi connectivity index (χ1n) is 3.95. The average Bonchev–Trinajstić information content (AvgIpc) is 2.26. The molecule has 1 N–H and O–H groups in total. The lowest BCUT2D eigenvalue weighted by molar-refractivity contribution is -0.132. The number of Topliss-reactive ketones (excluding diaryl/α,β-unsaturated/α-hetero) is 1. The summed E-state index contributed by atoms with van der Waals surface area (Å²) in [7, 11) is 0.